The molecule has 0 radical (unpaired) electrons. The van der Waals surface area contributed by atoms with E-state index in [1.165, 1.54) is 24.3 Å². The van der Waals surface area contributed by atoms with E-state index in [-0.39, 0.29) is 11.0 Å². The number of anilines is 1. The zero-order valence-corrected chi connectivity index (χ0v) is 11.4. The minimum Gasteiger partial charge on any atom is -0.274 e. The van der Waals surface area contributed by atoms with E-state index < -0.39 is 39.0 Å². The number of nitrogens with one attached hydrogen (secondary N) is 1. The van der Waals surface area contributed by atoms with Crippen molar-refractivity contribution in [2.45, 2.75) is 11.8 Å². The molecule has 3 nitrogen and oxygen atoms in total. The van der Waals surface area contributed by atoms with Crippen LogP contribution in [0, 0.1) is 30.2 Å². The first-order valence-electron chi connectivity index (χ1n) is 5.65. The largest absolute Gasteiger partial charge is 0.274 e. The fourth-order valence-corrected chi connectivity index (χ4v) is 2.64. The number of rotatable bonds is 3. The van der Waals surface area contributed by atoms with E-state index in [2.05, 4.69) is 0 Å². The van der Waals surface area contributed by atoms with Crippen LogP contribution in [0.4, 0.5) is 23.2 Å². The smallest absolute Gasteiger partial charge is 0.262 e. The van der Waals surface area contributed by atoms with Gasteiger partial charge < -0.3 is 0 Å². The molecule has 8 heteroatoms. The van der Waals surface area contributed by atoms with Gasteiger partial charge >= 0.3 is 0 Å². The second-order valence-electron chi connectivity index (χ2n) is 4.26. The standard InChI is InChI=1S/C13H9F4NO2S/c1-7-2-4-8(5-3-7)21(19,20)18-13-10(15)6-9(14)11(16)12(13)17/h2-6,18H,1H3. The molecule has 2 aromatic rings. The molecule has 0 aliphatic carbocycles. The summed E-state index contributed by atoms with van der Waals surface area (Å²) in [5, 5.41) is 0. The van der Waals surface area contributed by atoms with Crippen LogP contribution < -0.4 is 4.72 Å². The SMILES string of the molecule is Cc1ccc(S(=O)(=O)Nc2c(F)cc(F)c(F)c2F)cc1. The van der Waals surface area contributed by atoms with E-state index in [0.29, 0.717) is 0 Å². The molecule has 2 aromatic carbocycles. The van der Waals surface area contributed by atoms with E-state index in [9.17, 15) is 26.0 Å². The molecule has 2 rings (SSSR count). The molecular formula is C13H9F4NO2S. The lowest BCUT2D eigenvalue weighted by atomic mass is 10.2. The first-order valence-corrected chi connectivity index (χ1v) is 7.13. The van der Waals surface area contributed by atoms with Crippen LogP contribution in [0.1, 0.15) is 5.56 Å². The van der Waals surface area contributed by atoms with Gasteiger partial charge in [0.15, 0.2) is 23.3 Å². The van der Waals surface area contributed by atoms with E-state index >= 15 is 0 Å². The van der Waals surface area contributed by atoms with Gasteiger partial charge in [0.05, 0.1) is 4.90 Å². The van der Waals surface area contributed by atoms with Crippen molar-refractivity contribution in [3.63, 3.8) is 0 Å². The third kappa shape index (κ3) is 2.99. The van der Waals surface area contributed by atoms with Crippen LogP contribution in [0.15, 0.2) is 35.2 Å². The van der Waals surface area contributed by atoms with Crippen LogP contribution in [0.5, 0.6) is 0 Å². The average Bonchev–Trinajstić information content (AvgIpc) is 2.42. The van der Waals surface area contributed by atoms with Crippen LogP contribution in [-0.2, 0) is 10.0 Å². The third-order valence-corrected chi connectivity index (χ3v) is 4.05. The Hall–Kier alpha value is -2.09. The van der Waals surface area contributed by atoms with Gasteiger partial charge in [-0.05, 0) is 19.1 Å². The number of hydrogen-bond acceptors (Lipinski definition) is 2. The monoisotopic (exact) mass is 319 g/mol. The first-order chi connectivity index (χ1) is 9.72. The number of hydrogen-bond donors (Lipinski definition) is 1. The van der Waals surface area contributed by atoms with Gasteiger partial charge in [-0.15, -0.1) is 0 Å². The molecule has 1 N–H and O–H groups in total. The topological polar surface area (TPSA) is 46.2 Å². The third-order valence-electron chi connectivity index (χ3n) is 2.68. The van der Waals surface area contributed by atoms with Crippen molar-refractivity contribution in [1.82, 2.24) is 0 Å². The molecule has 0 amide bonds. The van der Waals surface area contributed by atoms with Gasteiger partial charge in [0.2, 0.25) is 0 Å². The van der Waals surface area contributed by atoms with Crippen LogP contribution >= 0.6 is 0 Å². The van der Waals surface area contributed by atoms with Crippen LogP contribution in [-0.4, -0.2) is 8.42 Å². The highest BCUT2D eigenvalue weighted by molar-refractivity contribution is 7.92. The van der Waals surface area contributed by atoms with Crippen molar-refractivity contribution in [2.24, 2.45) is 0 Å². The molecule has 21 heavy (non-hydrogen) atoms. The Balaban J connectivity index is 2.47. The van der Waals surface area contributed by atoms with Crippen LogP contribution in [0.3, 0.4) is 0 Å². The van der Waals surface area contributed by atoms with E-state index in [0.717, 1.165) is 5.56 Å². The average molecular weight is 319 g/mol. The van der Waals surface area contributed by atoms with Crippen molar-refractivity contribution in [3.8, 4) is 0 Å². The predicted molar refractivity (Wildman–Crippen MR) is 68.3 cm³/mol. The first kappa shape index (κ1) is 15.3. The molecule has 0 aliphatic heterocycles. The molecule has 112 valence electrons. The summed E-state index contributed by atoms with van der Waals surface area (Å²) >= 11 is 0. The lowest BCUT2D eigenvalue weighted by molar-refractivity contribution is 0.438. The van der Waals surface area contributed by atoms with Crippen molar-refractivity contribution < 1.29 is 26.0 Å². The summed E-state index contributed by atoms with van der Waals surface area (Å²) in [6.07, 6.45) is 0. The maximum Gasteiger partial charge on any atom is 0.262 e. The number of aryl methyl sites for hydroxylation is 1. The van der Waals surface area contributed by atoms with E-state index in [1.807, 2.05) is 0 Å². The summed E-state index contributed by atoms with van der Waals surface area (Å²) in [6, 6.07) is 5.45. The minimum atomic E-state index is -4.32. The quantitative estimate of drug-likeness (QED) is 0.536. The van der Waals surface area contributed by atoms with E-state index in [4.69, 9.17) is 0 Å². The molecule has 0 aliphatic rings. The highest BCUT2D eigenvalue weighted by Crippen LogP contribution is 2.26. The predicted octanol–water partition coefficient (Wildman–Crippen LogP) is 3.35. The molecular weight excluding hydrogens is 310 g/mol. The van der Waals surface area contributed by atoms with Crippen LogP contribution in [0.25, 0.3) is 0 Å². The molecule has 0 atom stereocenters. The van der Waals surface area contributed by atoms with Gasteiger partial charge in [0.25, 0.3) is 10.0 Å². The summed E-state index contributed by atoms with van der Waals surface area (Å²) in [7, 11) is -4.32. The molecule has 0 heterocycles. The zero-order valence-electron chi connectivity index (χ0n) is 10.6. The molecule has 0 bridgehead atoms. The van der Waals surface area contributed by atoms with Gasteiger partial charge in [-0.25, -0.2) is 26.0 Å². The maximum absolute atomic E-state index is 13.5. The highest BCUT2D eigenvalue weighted by Gasteiger charge is 2.24. The summed E-state index contributed by atoms with van der Waals surface area (Å²) in [4.78, 5) is -0.267. The summed E-state index contributed by atoms with van der Waals surface area (Å²) in [6.45, 7) is 1.72. The Morgan fingerprint density at radius 2 is 1.48 bits per heavy atom. The Kier molecular flexibility index (Phi) is 3.91. The van der Waals surface area contributed by atoms with Gasteiger partial charge in [0.1, 0.15) is 5.69 Å². The number of benzene rings is 2. The normalized spacial score (nSPS) is 11.5. The number of sulfonamides is 1. The van der Waals surface area contributed by atoms with Gasteiger partial charge in [-0.3, -0.25) is 4.72 Å². The lowest BCUT2D eigenvalue weighted by Crippen LogP contribution is -2.16. The lowest BCUT2D eigenvalue weighted by Gasteiger charge is -2.11. The summed E-state index contributed by atoms with van der Waals surface area (Å²) < 4.78 is 78.2. The summed E-state index contributed by atoms with van der Waals surface area (Å²) in [5.41, 5.74) is -0.492. The molecule has 0 aromatic heterocycles. The summed E-state index contributed by atoms with van der Waals surface area (Å²) in [5.74, 6) is -7.20. The van der Waals surface area contributed by atoms with Crippen molar-refractivity contribution >= 4 is 15.7 Å². The second kappa shape index (κ2) is 5.36. The zero-order chi connectivity index (χ0) is 15.8. The van der Waals surface area contributed by atoms with Gasteiger partial charge in [-0.1, -0.05) is 17.7 Å². The maximum atomic E-state index is 13.5. The Labute approximate surface area is 118 Å². The van der Waals surface area contributed by atoms with E-state index in [1.54, 1.807) is 11.6 Å². The molecule has 0 saturated heterocycles. The molecule has 0 unspecified atom stereocenters. The Morgan fingerprint density at radius 1 is 0.905 bits per heavy atom. The Morgan fingerprint density at radius 3 is 2.05 bits per heavy atom. The number of halogens is 4. The van der Waals surface area contributed by atoms with Crippen LogP contribution in [0.2, 0.25) is 0 Å². The Bertz CT molecular complexity index is 789. The molecule has 0 saturated carbocycles. The fourth-order valence-electron chi connectivity index (χ4n) is 1.57. The van der Waals surface area contributed by atoms with Gasteiger partial charge in [-0.2, -0.15) is 0 Å². The van der Waals surface area contributed by atoms with Gasteiger partial charge in [0, 0.05) is 6.07 Å². The minimum absolute atomic E-state index is 0.0609. The van der Waals surface area contributed by atoms with Crippen molar-refractivity contribution in [3.05, 3.63) is 59.2 Å². The fraction of sp³-hybridized carbons (Fsp3) is 0.0769. The molecule has 0 fully saturated rings. The van der Waals surface area contributed by atoms with Crippen molar-refractivity contribution in [1.29, 1.82) is 0 Å². The molecule has 0 spiro atoms. The second-order valence-corrected chi connectivity index (χ2v) is 5.94. The van der Waals surface area contributed by atoms with Crippen molar-refractivity contribution in [2.75, 3.05) is 4.72 Å². The highest BCUT2D eigenvalue weighted by atomic mass is 32.2.